The van der Waals surface area contributed by atoms with Gasteiger partial charge in [-0.1, -0.05) is 0 Å². The number of nitrogens with one attached hydrogen (secondary N) is 1. The molecule has 4 heterocycles. The average Bonchev–Trinajstić information content (AvgIpc) is 2.85. The van der Waals surface area contributed by atoms with Gasteiger partial charge in [-0.25, -0.2) is 23.7 Å². The van der Waals surface area contributed by atoms with Crippen molar-refractivity contribution in [1.29, 1.82) is 0 Å². The molecule has 182 valence electrons. The molecule has 2 aromatic heterocycles. The van der Waals surface area contributed by atoms with Gasteiger partial charge >= 0.3 is 6.18 Å². The number of piperidine rings is 2. The normalized spacial score (nSPS) is 21.7. The van der Waals surface area contributed by atoms with Crippen LogP contribution in [-0.2, 0) is 6.18 Å². The number of alkyl halides is 3. The molecule has 3 aromatic rings. The quantitative estimate of drug-likeness (QED) is 0.526. The molecule has 2 bridgehead atoms. The molecule has 0 unspecified atom stereocenters. The highest BCUT2D eigenvalue weighted by atomic mass is 19.4. The third kappa shape index (κ3) is 4.54. The predicted octanol–water partition coefficient (Wildman–Crippen LogP) is 4.94. The largest absolute Gasteiger partial charge is 0.417 e. The maximum atomic E-state index is 14.4. The molecule has 1 amide bonds. The molecule has 1 aromatic carbocycles. The lowest BCUT2D eigenvalue weighted by atomic mass is 9.76. The first-order chi connectivity index (χ1) is 16.7. The molecule has 2 saturated heterocycles. The topological polar surface area (TPSA) is 71.0 Å². The van der Waals surface area contributed by atoms with Crippen LogP contribution in [0.25, 0.3) is 11.4 Å². The standard InChI is InChI=1S/C24H20F5N5O/c25-15-3-4-16(17(10-15)21-30-6-1-7-31-21)23(35)34-12-13-2-5-20(34)19(8-13)33-22-18(26)9-14(11-32-22)24(27,28)29/h1,3-4,6-7,9-11,13,19-20H,2,5,8,12H2,(H,32,33)/t13-,19+,20-/m0/s1. The van der Waals surface area contributed by atoms with E-state index in [2.05, 4.69) is 20.3 Å². The van der Waals surface area contributed by atoms with Crippen LogP contribution in [0.5, 0.6) is 0 Å². The number of anilines is 1. The van der Waals surface area contributed by atoms with Crippen molar-refractivity contribution in [3.8, 4) is 11.4 Å². The lowest BCUT2D eigenvalue weighted by molar-refractivity contribution is -0.138. The van der Waals surface area contributed by atoms with Crippen molar-refractivity contribution < 1.29 is 26.7 Å². The molecule has 0 spiro atoms. The smallest absolute Gasteiger partial charge is 0.363 e. The van der Waals surface area contributed by atoms with Gasteiger partial charge in [-0.3, -0.25) is 4.79 Å². The summed E-state index contributed by atoms with van der Waals surface area (Å²) >= 11 is 0. The van der Waals surface area contributed by atoms with E-state index in [1.807, 2.05) is 0 Å². The lowest BCUT2D eigenvalue weighted by Crippen LogP contribution is -2.59. The first kappa shape index (κ1) is 23.1. The molecule has 6 rings (SSSR count). The summed E-state index contributed by atoms with van der Waals surface area (Å²) in [7, 11) is 0. The summed E-state index contributed by atoms with van der Waals surface area (Å²) in [6.45, 7) is 0.469. The van der Waals surface area contributed by atoms with Gasteiger partial charge in [0.15, 0.2) is 17.5 Å². The number of halogens is 5. The van der Waals surface area contributed by atoms with E-state index >= 15 is 0 Å². The Bertz CT molecular complexity index is 1250. The van der Waals surface area contributed by atoms with E-state index in [0.717, 1.165) is 6.42 Å². The van der Waals surface area contributed by atoms with Crippen LogP contribution in [0.4, 0.5) is 27.8 Å². The van der Waals surface area contributed by atoms with E-state index in [1.54, 1.807) is 11.0 Å². The van der Waals surface area contributed by atoms with E-state index in [1.165, 1.54) is 30.6 Å². The number of nitrogens with zero attached hydrogens (tertiary/aromatic N) is 4. The monoisotopic (exact) mass is 489 g/mol. The van der Waals surface area contributed by atoms with Crippen LogP contribution in [0.2, 0.25) is 0 Å². The van der Waals surface area contributed by atoms with Gasteiger partial charge in [0.25, 0.3) is 5.91 Å². The van der Waals surface area contributed by atoms with Gasteiger partial charge in [-0.15, -0.1) is 0 Å². The summed E-state index contributed by atoms with van der Waals surface area (Å²) in [4.78, 5) is 27.2. The zero-order chi connectivity index (χ0) is 24.7. The van der Waals surface area contributed by atoms with Crippen molar-refractivity contribution in [3.05, 3.63) is 71.7 Å². The second-order valence-electron chi connectivity index (χ2n) is 8.77. The van der Waals surface area contributed by atoms with Gasteiger partial charge in [0.05, 0.1) is 17.2 Å². The highest BCUT2D eigenvalue weighted by Gasteiger charge is 2.44. The maximum absolute atomic E-state index is 14.4. The molecule has 3 fully saturated rings. The second kappa shape index (κ2) is 8.86. The Morgan fingerprint density at radius 1 is 1.06 bits per heavy atom. The van der Waals surface area contributed by atoms with Gasteiger partial charge in [-0.2, -0.15) is 13.2 Å². The van der Waals surface area contributed by atoms with Crippen LogP contribution in [0.1, 0.15) is 35.2 Å². The highest BCUT2D eigenvalue weighted by molar-refractivity contribution is 6.00. The number of hydrogen-bond acceptors (Lipinski definition) is 5. The minimum atomic E-state index is -4.70. The molecule has 0 radical (unpaired) electrons. The molecule has 35 heavy (non-hydrogen) atoms. The summed E-state index contributed by atoms with van der Waals surface area (Å²) < 4.78 is 67.0. The van der Waals surface area contributed by atoms with Gasteiger partial charge in [0, 0.05) is 36.7 Å². The molecule has 6 nitrogen and oxygen atoms in total. The van der Waals surface area contributed by atoms with Crippen LogP contribution in [-0.4, -0.2) is 44.4 Å². The van der Waals surface area contributed by atoms with Gasteiger partial charge in [-0.05, 0) is 55.5 Å². The fourth-order valence-corrected chi connectivity index (χ4v) is 4.94. The molecular weight excluding hydrogens is 469 g/mol. The SMILES string of the molecule is O=C(c1ccc(F)cc1-c1ncccn1)N1C[C@H]2CC[C@H]1[C@H](Nc1ncc(C(F)(F)F)cc1F)C2. The number of carbonyl (C=O) groups is 1. The second-order valence-corrected chi connectivity index (χ2v) is 8.77. The third-order valence-electron chi connectivity index (χ3n) is 6.55. The number of aromatic nitrogens is 3. The first-order valence-corrected chi connectivity index (χ1v) is 11.1. The van der Waals surface area contributed by atoms with E-state index < -0.39 is 29.4 Å². The fourth-order valence-electron chi connectivity index (χ4n) is 4.94. The zero-order valence-electron chi connectivity index (χ0n) is 18.3. The Hall–Kier alpha value is -3.63. The number of carbonyl (C=O) groups excluding carboxylic acids is 1. The van der Waals surface area contributed by atoms with E-state index in [-0.39, 0.29) is 40.6 Å². The molecule has 1 aliphatic carbocycles. The van der Waals surface area contributed by atoms with Crippen LogP contribution in [0.3, 0.4) is 0 Å². The Labute approximate surface area is 197 Å². The van der Waals surface area contributed by atoms with Gasteiger partial charge in [0.1, 0.15) is 5.82 Å². The Kier molecular flexibility index (Phi) is 5.86. The number of hydrogen-bond donors (Lipinski definition) is 1. The molecular formula is C24H20F5N5O. The Morgan fingerprint density at radius 3 is 2.51 bits per heavy atom. The number of pyridine rings is 1. The van der Waals surface area contributed by atoms with Crippen molar-refractivity contribution in [2.24, 2.45) is 5.92 Å². The first-order valence-electron chi connectivity index (χ1n) is 11.1. The summed E-state index contributed by atoms with van der Waals surface area (Å²) in [6.07, 6.45) is 0.998. The third-order valence-corrected chi connectivity index (χ3v) is 6.55. The van der Waals surface area contributed by atoms with Crippen molar-refractivity contribution in [3.63, 3.8) is 0 Å². The minimum absolute atomic E-state index is 0.121. The Balaban J connectivity index is 1.42. The molecule has 3 aliphatic rings. The fraction of sp³-hybridized carbons (Fsp3) is 0.333. The lowest BCUT2D eigenvalue weighted by Gasteiger charge is -2.50. The minimum Gasteiger partial charge on any atom is -0.363 e. The van der Waals surface area contributed by atoms with Crippen LogP contribution in [0, 0.1) is 17.6 Å². The van der Waals surface area contributed by atoms with Gasteiger partial charge in [0.2, 0.25) is 0 Å². The molecule has 3 atom stereocenters. The average molecular weight is 489 g/mol. The van der Waals surface area contributed by atoms with Crippen LogP contribution in [0.15, 0.2) is 48.9 Å². The molecule has 2 aliphatic heterocycles. The summed E-state index contributed by atoms with van der Waals surface area (Å²) in [5.74, 6) is -1.94. The van der Waals surface area contributed by atoms with Crippen molar-refractivity contribution in [2.75, 3.05) is 11.9 Å². The summed E-state index contributed by atoms with van der Waals surface area (Å²) in [6, 6.07) is 5.07. The zero-order valence-corrected chi connectivity index (χ0v) is 18.3. The predicted molar refractivity (Wildman–Crippen MR) is 116 cm³/mol. The van der Waals surface area contributed by atoms with Crippen LogP contribution < -0.4 is 5.32 Å². The number of benzene rings is 1. The van der Waals surface area contributed by atoms with E-state index in [9.17, 15) is 26.7 Å². The maximum Gasteiger partial charge on any atom is 0.417 e. The number of amides is 1. The van der Waals surface area contributed by atoms with Crippen LogP contribution >= 0.6 is 0 Å². The van der Waals surface area contributed by atoms with Crippen molar-refractivity contribution >= 4 is 11.7 Å². The van der Waals surface area contributed by atoms with Crippen molar-refractivity contribution in [1.82, 2.24) is 19.9 Å². The molecule has 11 heteroatoms. The van der Waals surface area contributed by atoms with E-state index in [0.29, 0.717) is 31.6 Å². The summed E-state index contributed by atoms with van der Waals surface area (Å²) in [5, 5.41) is 2.92. The van der Waals surface area contributed by atoms with Crippen molar-refractivity contribution in [2.45, 2.75) is 37.5 Å². The number of fused-ring (bicyclic) bond motifs is 3. The Morgan fingerprint density at radius 2 is 1.83 bits per heavy atom. The summed E-state index contributed by atoms with van der Waals surface area (Å²) in [5.41, 5.74) is -0.672. The number of rotatable bonds is 4. The molecule has 1 N–H and O–H groups in total. The highest BCUT2D eigenvalue weighted by Crippen LogP contribution is 2.39. The van der Waals surface area contributed by atoms with Gasteiger partial charge < -0.3 is 10.2 Å². The van der Waals surface area contributed by atoms with E-state index in [4.69, 9.17) is 0 Å². The molecule has 1 saturated carbocycles.